The number of esters is 1. The monoisotopic (exact) mass is 1010 g/mol. The number of aliphatic hydroxyl groups excluding tert-OH is 2. The third kappa shape index (κ3) is 17.8. The minimum absolute atomic E-state index is 0.0683. The van der Waals surface area contributed by atoms with Gasteiger partial charge in [-0.05, 0) is 124 Å². The van der Waals surface area contributed by atoms with Gasteiger partial charge in [0, 0.05) is 114 Å². The third-order valence-electron chi connectivity index (χ3n) is 15.3. The molecule has 5 saturated carbocycles. The molecule has 0 radical (unpaired) electrons. The van der Waals surface area contributed by atoms with Crippen LogP contribution in [0, 0.1) is 23.7 Å². The highest BCUT2D eigenvalue weighted by atomic mass is 16.7. The summed E-state index contributed by atoms with van der Waals surface area (Å²) in [6, 6.07) is 0. The van der Waals surface area contributed by atoms with Crippen LogP contribution in [0.15, 0.2) is 24.0 Å². The summed E-state index contributed by atoms with van der Waals surface area (Å²) in [6.45, 7) is 14.5. The number of fused-ring (bicyclic) bond motifs is 4. The summed E-state index contributed by atoms with van der Waals surface area (Å²) in [5, 5.41) is 19.0. The maximum atomic E-state index is 11.5. The fraction of sp³-hybridized carbons (Fsp3) is 0.818. The van der Waals surface area contributed by atoms with Gasteiger partial charge < -0.3 is 53.6 Å². The zero-order valence-corrected chi connectivity index (χ0v) is 43.7. The molecule has 2 unspecified atom stereocenters. The van der Waals surface area contributed by atoms with Crippen LogP contribution in [-0.2, 0) is 61.9 Å². The standard InChI is InChI=1S/2C10H16O3.C10H14O3.2C8H14O2.C6H6N2O2.C3H6/c1-7(11)13-10-4-2-3-9-8(10)5-6-12-9;2*1-2-12-10-6-7-8(11)4-3-5-9(7)13-10;2*9-7-2-1-3-8-6(7)4-5-10-8;7-8-6-4(9)2-1-3-5(6)10;1-3-2/h8-10H,2-6H2,1H3;7,9-10H,2-6H2,1H3;10H,2-6H2,1H3;2*6-9H,1-5H2;1-3H2;3H,1H2,2H3/t8-,9-,10+;7-,9+,10?;;2*6-,7-,8+;;/m00.00../s1. The van der Waals surface area contributed by atoms with E-state index in [0.717, 1.165) is 134 Å². The molecule has 17 nitrogen and oxygen atoms in total. The largest absolute Gasteiger partial charge is 0.469 e. The van der Waals surface area contributed by atoms with Gasteiger partial charge in [-0.15, -0.1) is 6.58 Å². The van der Waals surface area contributed by atoms with Gasteiger partial charge >= 0.3 is 11.7 Å². The summed E-state index contributed by atoms with van der Waals surface area (Å²) >= 11 is 0. The quantitative estimate of drug-likeness (QED) is 0.116. The summed E-state index contributed by atoms with van der Waals surface area (Å²) in [4.78, 5) is 57.8. The topological polar surface area (TPSA) is 236 Å². The van der Waals surface area contributed by atoms with Crippen LogP contribution in [0.25, 0.3) is 5.53 Å². The number of ketones is 4. The summed E-state index contributed by atoms with van der Waals surface area (Å²) in [5.74, 6) is 2.19. The molecule has 406 valence electrons. The minimum Gasteiger partial charge on any atom is -0.469 e. The first-order valence-electron chi connectivity index (χ1n) is 27.4. The highest BCUT2D eigenvalue weighted by Crippen LogP contribution is 2.39. The number of carbonyl (C=O) groups excluding carboxylic acids is 5. The Hall–Kier alpha value is -3.51. The molecule has 11 rings (SSSR count). The zero-order chi connectivity index (χ0) is 52.0. The molecule has 2 N–H and O–H groups in total. The molecule has 0 bridgehead atoms. The highest BCUT2D eigenvalue weighted by Gasteiger charge is 2.43. The molecule has 0 aromatic carbocycles. The van der Waals surface area contributed by atoms with Gasteiger partial charge in [-0.25, -0.2) is 0 Å². The average Bonchev–Trinajstić information content (AvgIpc) is 4.22. The van der Waals surface area contributed by atoms with Crippen molar-refractivity contribution < 1.29 is 76.9 Å². The lowest BCUT2D eigenvalue weighted by Crippen LogP contribution is -2.35. The van der Waals surface area contributed by atoms with Crippen LogP contribution < -0.4 is 0 Å². The van der Waals surface area contributed by atoms with E-state index < -0.39 is 0 Å². The second-order valence-electron chi connectivity index (χ2n) is 20.4. The fourth-order valence-corrected chi connectivity index (χ4v) is 11.8. The highest BCUT2D eigenvalue weighted by molar-refractivity contribution is 6.64. The number of ether oxygens (including phenoxy) is 8. The Morgan fingerprint density at radius 2 is 1.17 bits per heavy atom. The van der Waals surface area contributed by atoms with Crippen LogP contribution in [0.1, 0.15) is 175 Å². The van der Waals surface area contributed by atoms with Gasteiger partial charge in [0.25, 0.3) is 0 Å². The van der Waals surface area contributed by atoms with E-state index in [4.69, 9.17) is 43.4 Å². The number of aliphatic hydroxyl groups is 2. The Morgan fingerprint density at radius 3 is 1.67 bits per heavy atom. The van der Waals surface area contributed by atoms with Crippen molar-refractivity contribution in [1.29, 1.82) is 0 Å². The first-order chi connectivity index (χ1) is 34.8. The predicted molar refractivity (Wildman–Crippen MR) is 265 cm³/mol. The van der Waals surface area contributed by atoms with E-state index in [-0.39, 0.29) is 71.9 Å². The molecule has 4 saturated heterocycles. The van der Waals surface area contributed by atoms with E-state index in [2.05, 4.69) is 11.4 Å². The van der Waals surface area contributed by atoms with Crippen LogP contribution in [0.5, 0.6) is 0 Å². The zero-order valence-electron chi connectivity index (χ0n) is 43.7. The molecule has 72 heavy (non-hydrogen) atoms. The van der Waals surface area contributed by atoms with Crippen LogP contribution >= 0.6 is 0 Å². The molecule has 17 heteroatoms. The average molecular weight is 1020 g/mol. The summed E-state index contributed by atoms with van der Waals surface area (Å²) in [5.41, 5.74) is 8.77. The molecule has 6 aliphatic carbocycles. The van der Waals surface area contributed by atoms with Crippen LogP contribution in [0.3, 0.4) is 0 Å². The van der Waals surface area contributed by atoms with Gasteiger partial charge in [0.2, 0.25) is 17.9 Å². The van der Waals surface area contributed by atoms with Crippen LogP contribution in [0.4, 0.5) is 0 Å². The Kier molecular flexibility index (Phi) is 25.9. The van der Waals surface area contributed by atoms with Crippen molar-refractivity contribution in [2.75, 3.05) is 33.0 Å². The first-order valence-corrected chi connectivity index (χ1v) is 27.4. The minimum atomic E-state index is -0.348. The van der Waals surface area contributed by atoms with Crippen molar-refractivity contribution in [3.8, 4) is 0 Å². The molecule has 5 heterocycles. The lowest BCUT2D eigenvalue weighted by atomic mass is 9.83. The van der Waals surface area contributed by atoms with Crippen molar-refractivity contribution in [3.05, 3.63) is 29.5 Å². The normalized spacial score (nSPS) is 34.9. The Balaban J connectivity index is 0.000000159. The molecule has 13 atom stereocenters. The van der Waals surface area contributed by atoms with Crippen LogP contribution in [-0.4, -0.2) is 138 Å². The van der Waals surface area contributed by atoms with E-state index in [9.17, 15) is 34.2 Å². The molecule has 9 fully saturated rings. The van der Waals surface area contributed by atoms with Gasteiger partial charge in [-0.3, -0.25) is 24.0 Å². The molecular formula is C55H86N2O15. The number of hydrogen-bond donors (Lipinski definition) is 2. The van der Waals surface area contributed by atoms with Gasteiger partial charge in [0.1, 0.15) is 17.6 Å². The van der Waals surface area contributed by atoms with Gasteiger partial charge in [-0.1, -0.05) is 6.08 Å². The van der Waals surface area contributed by atoms with E-state index >= 15 is 0 Å². The first kappa shape index (κ1) is 59.4. The number of allylic oxidation sites excluding steroid dienone is 2. The van der Waals surface area contributed by atoms with Crippen molar-refractivity contribution in [2.24, 2.45) is 23.7 Å². The fourth-order valence-electron chi connectivity index (χ4n) is 11.8. The Morgan fingerprint density at radius 1 is 0.667 bits per heavy atom. The van der Waals surface area contributed by atoms with Gasteiger partial charge in [-0.2, -0.15) is 4.79 Å². The second-order valence-corrected chi connectivity index (χ2v) is 20.4. The maximum absolute atomic E-state index is 11.5. The Bertz CT molecular complexity index is 1800. The number of nitrogens with zero attached hydrogens (tertiary/aromatic N) is 2. The van der Waals surface area contributed by atoms with E-state index in [1.807, 2.05) is 20.8 Å². The van der Waals surface area contributed by atoms with Gasteiger partial charge in [0.15, 0.2) is 12.1 Å². The number of Topliss-reactive ketones (excluding diaryl/α,β-unsaturated/α-hetero) is 4. The smallest absolute Gasteiger partial charge is 0.400 e. The van der Waals surface area contributed by atoms with Crippen LogP contribution in [0.2, 0.25) is 0 Å². The van der Waals surface area contributed by atoms with Crippen molar-refractivity contribution in [2.45, 2.75) is 231 Å². The molecule has 0 amide bonds. The van der Waals surface area contributed by atoms with Gasteiger partial charge in [0.05, 0.1) is 36.6 Å². The molecule has 0 spiro atoms. The number of carbonyl (C=O) groups is 5. The molecule has 0 aromatic heterocycles. The number of hydrogen-bond acceptors (Lipinski definition) is 15. The lowest BCUT2D eigenvalue weighted by Gasteiger charge is -2.31. The van der Waals surface area contributed by atoms with E-state index in [1.165, 1.54) is 19.8 Å². The lowest BCUT2D eigenvalue weighted by molar-refractivity contribution is -0.152. The van der Waals surface area contributed by atoms with Crippen molar-refractivity contribution in [1.82, 2.24) is 0 Å². The van der Waals surface area contributed by atoms with Crippen molar-refractivity contribution in [3.63, 3.8) is 0 Å². The molecule has 11 aliphatic rings. The second kappa shape index (κ2) is 31.4. The SMILES string of the molecule is C=CC.CC(=O)O[C@@H]1CCC[C@@H]2OCC[C@@H]21.CCOC1CC2=C(CCCC2=O)O1.CCOC1C[C@H]2C(=O)CCC[C@H]2O1.O[C@H]1CCC[C@H]2OCC[C@@H]12.O[C@H]1CCC[C@H]2OCC[C@@H]12.[N-]=[N+]=C1C(=O)CCCC1=O. The number of rotatable bonds is 5. The van der Waals surface area contributed by atoms with E-state index in [1.54, 1.807) is 6.08 Å². The Labute approximate surface area is 427 Å². The summed E-state index contributed by atoms with van der Waals surface area (Å²) < 4.78 is 43.6. The maximum Gasteiger partial charge on any atom is 0.400 e. The molecule has 5 aliphatic heterocycles. The molecule has 0 aromatic rings. The van der Waals surface area contributed by atoms with Crippen molar-refractivity contribution >= 4 is 34.8 Å². The molecular weight excluding hydrogens is 929 g/mol. The summed E-state index contributed by atoms with van der Waals surface area (Å²) in [6.07, 6.45) is 23.7. The predicted octanol–water partition coefficient (Wildman–Crippen LogP) is 7.83. The third-order valence-corrected chi connectivity index (χ3v) is 15.3. The van der Waals surface area contributed by atoms with E-state index in [0.29, 0.717) is 87.2 Å². The summed E-state index contributed by atoms with van der Waals surface area (Å²) in [7, 11) is 0.